The fourth-order valence-corrected chi connectivity index (χ4v) is 3.65. The number of carbonyl (C=O) groups is 2. The molecule has 0 unspecified atom stereocenters. The molecular formula is C25H23Cl2N3O4. The molecule has 0 aromatic heterocycles. The van der Waals surface area contributed by atoms with Gasteiger partial charge in [0.15, 0.2) is 0 Å². The van der Waals surface area contributed by atoms with Crippen LogP contribution in [0.2, 0.25) is 10.0 Å². The maximum absolute atomic E-state index is 12.1. The van der Waals surface area contributed by atoms with Gasteiger partial charge in [-0.2, -0.15) is 5.10 Å². The van der Waals surface area contributed by atoms with Crippen LogP contribution in [0.25, 0.3) is 0 Å². The number of hydrogen-bond acceptors (Lipinski definition) is 5. The Balaban J connectivity index is 1.62. The summed E-state index contributed by atoms with van der Waals surface area (Å²) in [7, 11) is 1.55. The van der Waals surface area contributed by atoms with Crippen molar-refractivity contribution in [2.75, 3.05) is 12.4 Å². The maximum atomic E-state index is 12.1. The van der Waals surface area contributed by atoms with Crippen LogP contribution in [0.15, 0.2) is 59.7 Å². The first-order chi connectivity index (χ1) is 16.2. The van der Waals surface area contributed by atoms with Gasteiger partial charge in [0.25, 0.3) is 0 Å². The Bertz CT molecular complexity index is 1220. The highest BCUT2D eigenvalue weighted by Gasteiger charge is 2.13. The Morgan fingerprint density at radius 3 is 2.32 bits per heavy atom. The number of nitrogens with one attached hydrogen (secondary N) is 2. The van der Waals surface area contributed by atoms with Gasteiger partial charge in [-0.3, -0.25) is 9.59 Å². The first-order valence-electron chi connectivity index (χ1n) is 10.2. The summed E-state index contributed by atoms with van der Waals surface area (Å²) in [5.41, 5.74) is 6.12. The lowest BCUT2D eigenvalue weighted by Gasteiger charge is -2.12. The predicted molar refractivity (Wildman–Crippen MR) is 134 cm³/mol. The van der Waals surface area contributed by atoms with Gasteiger partial charge in [0, 0.05) is 16.3 Å². The van der Waals surface area contributed by atoms with E-state index in [0.29, 0.717) is 32.8 Å². The molecular weight excluding hydrogens is 477 g/mol. The minimum absolute atomic E-state index is 0.177. The molecule has 0 heterocycles. The van der Waals surface area contributed by atoms with Crippen LogP contribution in [0.3, 0.4) is 0 Å². The normalized spacial score (nSPS) is 10.7. The molecule has 2 N–H and O–H groups in total. The van der Waals surface area contributed by atoms with Crippen LogP contribution in [0, 0.1) is 13.8 Å². The zero-order valence-electron chi connectivity index (χ0n) is 18.8. The number of benzene rings is 3. The number of hydrogen-bond donors (Lipinski definition) is 2. The second-order valence-corrected chi connectivity index (χ2v) is 8.31. The molecule has 0 fully saturated rings. The van der Waals surface area contributed by atoms with Crippen molar-refractivity contribution < 1.29 is 19.1 Å². The van der Waals surface area contributed by atoms with E-state index in [1.54, 1.807) is 55.6 Å². The van der Waals surface area contributed by atoms with Crippen LogP contribution in [-0.2, 0) is 16.2 Å². The summed E-state index contributed by atoms with van der Waals surface area (Å²) in [5, 5.41) is 7.34. The summed E-state index contributed by atoms with van der Waals surface area (Å²) in [6.07, 6.45) is 1.42. The van der Waals surface area contributed by atoms with Gasteiger partial charge in [0.05, 0.1) is 18.3 Å². The molecule has 176 valence electrons. The van der Waals surface area contributed by atoms with Crippen molar-refractivity contribution in [1.29, 1.82) is 0 Å². The van der Waals surface area contributed by atoms with Gasteiger partial charge in [0.2, 0.25) is 0 Å². The molecule has 0 saturated heterocycles. The topological polar surface area (TPSA) is 89.0 Å². The fraction of sp³-hybridized carbons (Fsp3) is 0.160. The van der Waals surface area contributed by atoms with E-state index in [0.717, 1.165) is 16.7 Å². The summed E-state index contributed by atoms with van der Waals surface area (Å²) in [6, 6.07) is 15.8. The molecule has 3 aromatic carbocycles. The molecule has 9 heteroatoms. The van der Waals surface area contributed by atoms with Crippen molar-refractivity contribution in [2.45, 2.75) is 20.5 Å². The quantitative estimate of drug-likeness (QED) is 0.262. The minimum Gasteiger partial charge on any atom is -0.496 e. The Labute approximate surface area is 207 Å². The number of nitrogens with zero attached hydrogens (tertiary/aromatic N) is 1. The molecule has 0 aliphatic rings. The van der Waals surface area contributed by atoms with Gasteiger partial charge < -0.3 is 14.8 Å². The molecule has 0 bridgehead atoms. The van der Waals surface area contributed by atoms with Gasteiger partial charge in [-0.05, 0) is 79.1 Å². The third-order valence-electron chi connectivity index (χ3n) is 4.65. The van der Waals surface area contributed by atoms with Crippen LogP contribution in [0.5, 0.6) is 11.5 Å². The summed E-state index contributed by atoms with van der Waals surface area (Å²) in [5.74, 6) is -0.607. The molecule has 7 nitrogen and oxygen atoms in total. The van der Waals surface area contributed by atoms with Crippen molar-refractivity contribution in [1.82, 2.24) is 5.43 Å². The largest absolute Gasteiger partial charge is 0.496 e. The summed E-state index contributed by atoms with van der Waals surface area (Å²) < 4.78 is 11.2. The number of aryl methyl sites for hydroxylation is 2. The Morgan fingerprint density at radius 1 is 0.941 bits per heavy atom. The van der Waals surface area contributed by atoms with Crippen LogP contribution in [-0.4, -0.2) is 25.1 Å². The highest BCUT2D eigenvalue weighted by atomic mass is 35.5. The molecule has 2 amide bonds. The minimum atomic E-state index is -0.884. The average Bonchev–Trinajstić information content (AvgIpc) is 2.77. The number of anilines is 1. The van der Waals surface area contributed by atoms with Crippen LogP contribution in [0.1, 0.15) is 22.3 Å². The van der Waals surface area contributed by atoms with E-state index in [2.05, 4.69) is 15.8 Å². The number of rotatable bonds is 7. The van der Waals surface area contributed by atoms with Crippen LogP contribution in [0.4, 0.5) is 5.69 Å². The van der Waals surface area contributed by atoms with Gasteiger partial charge >= 0.3 is 11.8 Å². The first kappa shape index (κ1) is 25.1. The molecule has 3 rings (SSSR count). The lowest BCUT2D eigenvalue weighted by Crippen LogP contribution is -2.32. The molecule has 0 saturated carbocycles. The highest BCUT2D eigenvalue weighted by Crippen LogP contribution is 2.29. The summed E-state index contributed by atoms with van der Waals surface area (Å²) in [6.45, 7) is 3.99. The van der Waals surface area contributed by atoms with Gasteiger partial charge in [-0.25, -0.2) is 5.43 Å². The summed E-state index contributed by atoms with van der Waals surface area (Å²) in [4.78, 5) is 24.2. The zero-order chi connectivity index (χ0) is 24.7. The van der Waals surface area contributed by atoms with Gasteiger partial charge in [0.1, 0.15) is 18.1 Å². The Hall–Kier alpha value is -3.55. The molecule has 0 spiro atoms. The number of methoxy groups -OCH3 is 1. The van der Waals surface area contributed by atoms with E-state index in [1.807, 2.05) is 19.9 Å². The van der Waals surface area contributed by atoms with E-state index in [1.165, 1.54) is 6.21 Å². The Kier molecular flexibility index (Phi) is 8.51. The molecule has 3 aromatic rings. The number of carbonyl (C=O) groups excluding carboxylic acids is 2. The number of halogens is 2. The van der Waals surface area contributed by atoms with Crippen molar-refractivity contribution in [3.63, 3.8) is 0 Å². The molecule has 0 aliphatic carbocycles. The fourth-order valence-electron chi connectivity index (χ4n) is 3.19. The van der Waals surface area contributed by atoms with E-state index in [4.69, 9.17) is 32.7 Å². The number of ether oxygens (including phenoxy) is 2. The molecule has 34 heavy (non-hydrogen) atoms. The van der Waals surface area contributed by atoms with Crippen molar-refractivity contribution in [2.24, 2.45) is 5.10 Å². The second-order valence-electron chi connectivity index (χ2n) is 7.46. The first-order valence-corrected chi connectivity index (χ1v) is 11.0. The van der Waals surface area contributed by atoms with Gasteiger partial charge in [-0.15, -0.1) is 0 Å². The molecule has 0 atom stereocenters. The van der Waals surface area contributed by atoms with Crippen LogP contribution >= 0.6 is 23.2 Å². The predicted octanol–water partition coefficient (Wildman–Crippen LogP) is 5.29. The highest BCUT2D eigenvalue weighted by molar-refractivity contribution is 6.39. The molecule has 0 aliphatic heterocycles. The third-order valence-corrected chi connectivity index (χ3v) is 5.18. The molecule has 0 radical (unpaired) electrons. The zero-order valence-corrected chi connectivity index (χ0v) is 20.3. The monoisotopic (exact) mass is 499 g/mol. The standard InChI is InChI=1S/C25H23Cl2N3O4/c1-15-8-16(2)10-20(9-15)29-24(31)25(32)30-28-13-17-4-6-22(33-3)18(11-17)14-34-23-7-5-19(26)12-21(23)27/h4-13H,14H2,1-3H3,(H,29,31)(H,30,32). The van der Waals surface area contributed by atoms with Crippen molar-refractivity contribution >= 4 is 46.9 Å². The van der Waals surface area contributed by atoms with E-state index in [-0.39, 0.29) is 6.61 Å². The lowest BCUT2D eigenvalue weighted by molar-refractivity contribution is -0.136. The smallest absolute Gasteiger partial charge is 0.329 e. The van der Waals surface area contributed by atoms with Crippen molar-refractivity contribution in [3.05, 3.63) is 86.9 Å². The SMILES string of the molecule is COc1ccc(C=NNC(=O)C(=O)Nc2cc(C)cc(C)c2)cc1COc1ccc(Cl)cc1Cl. The van der Waals surface area contributed by atoms with Crippen molar-refractivity contribution in [3.8, 4) is 11.5 Å². The van der Waals surface area contributed by atoms with Gasteiger partial charge in [-0.1, -0.05) is 29.3 Å². The van der Waals surface area contributed by atoms with E-state index >= 15 is 0 Å². The lowest BCUT2D eigenvalue weighted by atomic mass is 10.1. The number of amides is 2. The van der Waals surface area contributed by atoms with E-state index < -0.39 is 11.8 Å². The average molecular weight is 500 g/mol. The Morgan fingerprint density at radius 2 is 1.65 bits per heavy atom. The van der Waals surface area contributed by atoms with E-state index in [9.17, 15) is 9.59 Å². The number of hydrazone groups is 1. The summed E-state index contributed by atoms with van der Waals surface area (Å²) >= 11 is 12.1. The maximum Gasteiger partial charge on any atom is 0.329 e. The third kappa shape index (κ3) is 6.97. The second kappa shape index (κ2) is 11.5. The van der Waals surface area contributed by atoms with Crippen LogP contribution < -0.4 is 20.2 Å².